The van der Waals surface area contributed by atoms with Crippen LogP contribution in [0.3, 0.4) is 0 Å². The van der Waals surface area contributed by atoms with Crippen LogP contribution in [0.1, 0.15) is 25.5 Å². The summed E-state index contributed by atoms with van der Waals surface area (Å²) >= 11 is 5.91. The first-order valence-corrected chi connectivity index (χ1v) is 9.27. The number of rotatable bonds is 5. The van der Waals surface area contributed by atoms with Crippen LogP contribution >= 0.6 is 11.6 Å². The van der Waals surface area contributed by atoms with Gasteiger partial charge < -0.3 is 15.0 Å². The number of ether oxygens (including phenoxy) is 1. The van der Waals surface area contributed by atoms with Gasteiger partial charge in [-0.1, -0.05) is 18.5 Å². The average molecular weight is 393 g/mol. The van der Waals surface area contributed by atoms with Gasteiger partial charge in [0, 0.05) is 24.8 Å². The molecule has 1 N–H and O–H groups in total. The first-order chi connectivity index (χ1) is 12.9. The number of hydrogen-bond donors (Lipinski definition) is 1. The summed E-state index contributed by atoms with van der Waals surface area (Å²) in [6.45, 7) is 5.66. The molecule has 2 heterocycles. The molecule has 1 fully saturated rings. The number of aromatic nitrogens is 2. The van der Waals surface area contributed by atoms with Crippen molar-refractivity contribution in [3.05, 3.63) is 40.8 Å². The molecule has 8 heteroatoms. The van der Waals surface area contributed by atoms with Crippen LogP contribution in [0.5, 0.6) is 5.88 Å². The Bertz CT molecular complexity index is 833. The third-order valence-corrected chi connectivity index (χ3v) is 4.63. The van der Waals surface area contributed by atoms with Gasteiger partial charge in [0.25, 0.3) is 5.91 Å². The standard InChI is InChI=1S/C19H22ClFN4O2/c1-12-4-3-7-25(10-12)19-22-13(2)8-18(24-19)27-11-17(26)23-16-6-5-14(21)9-15(16)20/h5-6,8-9,12H,3-4,7,10-11H2,1-2H3,(H,23,26). The van der Waals surface area contributed by atoms with Crippen molar-refractivity contribution in [3.63, 3.8) is 0 Å². The molecule has 6 nitrogen and oxygen atoms in total. The molecule has 0 aliphatic carbocycles. The number of nitrogens with one attached hydrogen (secondary N) is 1. The highest BCUT2D eigenvalue weighted by Crippen LogP contribution is 2.23. The number of benzene rings is 1. The van der Waals surface area contributed by atoms with Gasteiger partial charge in [0.05, 0.1) is 10.7 Å². The average Bonchev–Trinajstić information content (AvgIpc) is 2.62. The van der Waals surface area contributed by atoms with Gasteiger partial charge in [-0.05, 0) is 43.9 Å². The highest BCUT2D eigenvalue weighted by Gasteiger charge is 2.19. The van der Waals surface area contributed by atoms with Gasteiger partial charge in [0.15, 0.2) is 6.61 Å². The third kappa shape index (κ3) is 5.29. The summed E-state index contributed by atoms with van der Waals surface area (Å²) < 4.78 is 18.6. The largest absolute Gasteiger partial charge is 0.467 e. The van der Waals surface area contributed by atoms with Gasteiger partial charge in [-0.2, -0.15) is 4.98 Å². The number of aryl methyl sites for hydroxylation is 1. The summed E-state index contributed by atoms with van der Waals surface area (Å²) in [4.78, 5) is 23.2. The minimum absolute atomic E-state index is 0.128. The van der Waals surface area contributed by atoms with Crippen molar-refractivity contribution in [2.24, 2.45) is 5.92 Å². The predicted molar refractivity (Wildman–Crippen MR) is 103 cm³/mol. The highest BCUT2D eigenvalue weighted by molar-refractivity contribution is 6.33. The van der Waals surface area contributed by atoms with E-state index in [4.69, 9.17) is 16.3 Å². The molecule has 0 spiro atoms. The number of carbonyl (C=O) groups excluding carboxylic acids is 1. The van der Waals surface area contributed by atoms with E-state index in [0.29, 0.717) is 23.4 Å². The molecule has 1 saturated heterocycles. The number of amides is 1. The van der Waals surface area contributed by atoms with Crippen LogP contribution < -0.4 is 15.0 Å². The SMILES string of the molecule is Cc1cc(OCC(=O)Nc2ccc(F)cc2Cl)nc(N2CCCC(C)C2)n1. The van der Waals surface area contributed by atoms with E-state index in [1.54, 1.807) is 6.07 Å². The fraction of sp³-hybridized carbons (Fsp3) is 0.421. The summed E-state index contributed by atoms with van der Waals surface area (Å²) in [6.07, 6.45) is 2.31. The van der Waals surface area contributed by atoms with Crippen LogP contribution in [0.4, 0.5) is 16.0 Å². The lowest BCUT2D eigenvalue weighted by Gasteiger charge is -2.31. The zero-order chi connectivity index (χ0) is 19.4. The Kier molecular flexibility index (Phi) is 6.11. The Labute approximate surface area is 162 Å². The molecule has 1 unspecified atom stereocenters. The lowest BCUT2D eigenvalue weighted by Crippen LogP contribution is -2.35. The number of halogens is 2. The molecule has 1 aromatic carbocycles. The van der Waals surface area contributed by atoms with Crippen LogP contribution in [-0.4, -0.2) is 35.6 Å². The molecule has 144 valence electrons. The predicted octanol–water partition coefficient (Wildman–Crippen LogP) is 3.83. The summed E-state index contributed by atoms with van der Waals surface area (Å²) in [5.74, 6) is 0.686. The van der Waals surface area contributed by atoms with Gasteiger partial charge in [-0.25, -0.2) is 9.37 Å². The molecule has 27 heavy (non-hydrogen) atoms. The summed E-state index contributed by atoms with van der Waals surface area (Å²) in [6, 6.07) is 5.45. The van der Waals surface area contributed by atoms with Crippen molar-refractivity contribution < 1.29 is 13.9 Å². The number of anilines is 2. The van der Waals surface area contributed by atoms with Crippen molar-refractivity contribution in [1.82, 2.24) is 9.97 Å². The highest BCUT2D eigenvalue weighted by atomic mass is 35.5. The van der Waals surface area contributed by atoms with E-state index in [1.807, 2.05) is 6.92 Å². The monoisotopic (exact) mass is 392 g/mol. The summed E-state index contributed by atoms with van der Waals surface area (Å²) in [5, 5.41) is 2.72. The fourth-order valence-corrected chi connectivity index (χ4v) is 3.24. The van der Waals surface area contributed by atoms with Gasteiger partial charge in [0.2, 0.25) is 11.8 Å². The quantitative estimate of drug-likeness (QED) is 0.837. The maximum Gasteiger partial charge on any atom is 0.262 e. The Hall–Kier alpha value is -2.41. The molecule has 0 saturated carbocycles. The van der Waals surface area contributed by atoms with E-state index >= 15 is 0 Å². The van der Waals surface area contributed by atoms with Crippen LogP contribution in [0.2, 0.25) is 5.02 Å². The molecule has 0 radical (unpaired) electrons. The fourth-order valence-electron chi connectivity index (χ4n) is 3.03. The van der Waals surface area contributed by atoms with Crippen molar-refractivity contribution >= 4 is 29.1 Å². The second kappa shape index (κ2) is 8.52. The van der Waals surface area contributed by atoms with E-state index in [0.717, 1.165) is 31.3 Å². The number of nitrogens with zero attached hydrogens (tertiary/aromatic N) is 3. The van der Waals surface area contributed by atoms with E-state index in [1.165, 1.54) is 18.6 Å². The van der Waals surface area contributed by atoms with Gasteiger partial charge in [0.1, 0.15) is 5.82 Å². The molecule has 1 amide bonds. The second-order valence-electron chi connectivity index (χ2n) is 6.80. The van der Waals surface area contributed by atoms with Gasteiger partial charge >= 0.3 is 0 Å². The molecule has 3 rings (SSSR count). The van der Waals surface area contributed by atoms with Crippen LogP contribution in [0.15, 0.2) is 24.3 Å². The van der Waals surface area contributed by atoms with Crippen LogP contribution in [0.25, 0.3) is 0 Å². The summed E-state index contributed by atoms with van der Waals surface area (Å²) in [7, 11) is 0. The molecule has 1 aliphatic rings. The first-order valence-electron chi connectivity index (χ1n) is 8.89. The molecule has 1 aromatic heterocycles. The topological polar surface area (TPSA) is 67.3 Å². The molecule has 0 bridgehead atoms. The minimum Gasteiger partial charge on any atom is -0.467 e. The normalized spacial score (nSPS) is 16.9. The van der Waals surface area contributed by atoms with Gasteiger partial charge in [-0.15, -0.1) is 0 Å². The van der Waals surface area contributed by atoms with Crippen LogP contribution in [-0.2, 0) is 4.79 Å². The molecule has 2 aromatic rings. The second-order valence-corrected chi connectivity index (χ2v) is 7.21. The van der Waals surface area contributed by atoms with E-state index in [-0.39, 0.29) is 11.6 Å². The Morgan fingerprint density at radius 1 is 1.41 bits per heavy atom. The smallest absolute Gasteiger partial charge is 0.262 e. The molecule has 1 aliphatic heterocycles. The maximum atomic E-state index is 13.1. The van der Waals surface area contributed by atoms with Crippen LogP contribution in [0, 0.1) is 18.7 Å². The van der Waals surface area contributed by atoms with Crippen molar-refractivity contribution in [1.29, 1.82) is 0 Å². The Balaban J connectivity index is 1.62. The molecular formula is C19H22ClFN4O2. The lowest BCUT2D eigenvalue weighted by molar-refractivity contribution is -0.118. The van der Waals surface area contributed by atoms with Crippen molar-refractivity contribution in [2.75, 3.05) is 29.9 Å². The zero-order valence-corrected chi connectivity index (χ0v) is 16.1. The van der Waals surface area contributed by atoms with Crippen molar-refractivity contribution in [3.8, 4) is 5.88 Å². The van der Waals surface area contributed by atoms with E-state index < -0.39 is 11.7 Å². The minimum atomic E-state index is -0.467. The van der Waals surface area contributed by atoms with E-state index in [9.17, 15) is 9.18 Å². The molecule has 1 atom stereocenters. The van der Waals surface area contributed by atoms with Crippen molar-refractivity contribution in [2.45, 2.75) is 26.7 Å². The van der Waals surface area contributed by atoms with E-state index in [2.05, 4.69) is 27.1 Å². The first kappa shape index (κ1) is 19.4. The third-order valence-electron chi connectivity index (χ3n) is 4.32. The van der Waals surface area contributed by atoms with Gasteiger partial charge in [-0.3, -0.25) is 4.79 Å². The molecular weight excluding hydrogens is 371 g/mol. The lowest BCUT2D eigenvalue weighted by atomic mass is 10.0. The Morgan fingerprint density at radius 2 is 2.22 bits per heavy atom. The Morgan fingerprint density at radius 3 is 2.96 bits per heavy atom. The number of carbonyl (C=O) groups is 1. The zero-order valence-electron chi connectivity index (χ0n) is 15.3. The number of piperidine rings is 1. The number of hydrogen-bond acceptors (Lipinski definition) is 5. The summed E-state index contributed by atoms with van der Waals surface area (Å²) in [5.41, 5.74) is 1.10. The maximum absolute atomic E-state index is 13.1.